The van der Waals surface area contributed by atoms with E-state index in [4.69, 9.17) is 4.74 Å². The van der Waals surface area contributed by atoms with Crippen molar-refractivity contribution in [3.63, 3.8) is 0 Å². The minimum absolute atomic E-state index is 0.0193. The summed E-state index contributed by atoms with van der Waals surface area (Å²) in [6.07, 6.45) is 22.5. The summed E-state index contributed by atoms with van der Waals surface area (Å²) in [7, 11) is 0. The summed E-state index contributed by atoms with van der Waals surface area (Å²) in [5.74, 6) is 2.24. The zero-order valence-corrected chi connectivity index (χ0v) is 24.1. The van der Waals surface area contributed by atoms with Gasteiger partial charge in [0.05, 0.1) is 17.8 Å². The smallest absolute Gasteiger partial charge is 0.309 e. The summed E-state index contributed by atoms with van der Waals surface area (Å²) in [5, 5.41) is 0. The minimum Gasteiger partial charge on any atom is -0.462 e. The molecule has 5 aliphatic rings. The van der Waals surface area contributed by atoms with Gasteiger partial charge in [0.25, 0.3) is 0 Å². The Kier molecular flexibility index (Phi) is 6.59. The number of carbonyl (C=O) groups is 1. The Balaban J connectivity index is 0.990. The predicted octanol–water partition coefficient (Wildman–Crippen LogP) is 7.26. The van der Waals surface area contributed by atoms with Gasteiger partial charge in [0.15, 0.2) is 0 Å². The number of fused-ring (bicyclic) bond motifs is 5. The molecule has 2 aromatic rings. The molecule has 4 unspecified atom stereocenters. The number of nitrogens with zero attached hydrogens (tertiary/aromatic N) is 3. The van der Waals surface area contributed by atoms with Crippen LogP contribution >= 0.6 is 0 Å². The van der Waals surface area contributed by atoms with Crippen molar-refractivity contribution in [3.8, 4) is 0 Å². The van der Waals surface area contributed by atoms with E-state index in [0.29, 0.717) is 5.92 Å². The van der Waals surface area contributed by atoms with Crippen LogP contribution in [0.3, 0.4) is 0 Å². The number of aromatic nitrogens is 2. The summed E-state index contributed by atoms with van der Waals surface area (Å²) in [6.45, 7) is 6.84. The number of carbonyl (C=O) groups excluding carboxylic acids is 1. The van der Waals surface area contributed by atoms with Crippen molar-refractivity contribution in [3.05, 3.63) is 72.3 Å². The minimum atomic E-state index is 0.0193. The molecule has 1 aliphatic heterocycles. The van der Waals surface area contributed by atoms with E-state index in [1.165, 1.54) is 36.8 Å². The maximum atomic E-state index is 13.2. The van der Waals surface area contributed by atoms with Gasteiger partial charge in [-0.15, -0.1) is 0 Å². The van der Waals surface area contributed by atoms with E-state index < -0.39 is 0 Å². The number of hydrogen-bond donors (Lipinski definition) is 0. The van der Waals surface area contributed by atoms with Gasteiger partial charge in [0.1, 0.15) is 6.10 Å². The van der Waals surface area contributed by atoms with E-state index in [2.05, 4.69) is 65.3 Å². The monoisotopic (exact) mass is 537 g/mol. The molecule has 6 atom stereocenters. The lowest BCUT2D eigenvalue weighted by Gasteiger charge is -2.58. The zero-order chi connectivity index (χ0) is 27.3. The Morgan fingerprint density at radius 2 is 1.68 bits per heavy atom. The third-order valence-corrected chi connectivity index (χ3v) is 11.7. The van der Waals surface area contributed by atoms with Crippen molar-refractivity contribution in [2.45, 2.75) is 77.7 Å². The maximum absolute atomic E-state index is 13.2. The number of rotatable bonds is 4. The van der Waals surface area contributed by atoms with E-state index in [-0.39, 0.29) is 28.8 Å². The fourth-order valence-corrected chi connectivity index (χ4v) is 9.44. The van der Waals surface area contributed by atoms with Crippen LogP contribution in [0.15, 0.2) is 66.8 Å². The largest absolute Gasteiger partial charge is 0.462 e. The molecule has 0 bridgehead atoms. The molecule has 0 N–H and O–H groups in total. The summed E-state index contributed by atoms with van der Waals surface area (Å²) in [4.78, 5) is 24.2. The topological polar surface area (TPSA) is 55.3 Å². The number of esters is 1. The van der Waals surface area contributed by atoms with E-state index in [9.17, 15) is 4.79 Å². The van der Waals surface area contributed by atoms with E-state index in [1.807, 2.05) is 24.7 Å². The number of anilines is 1. The zero-order valence-electron chi connectivity index (χ0n) is 24.1. The number of pyridine rings is 2. The van der Waals surface area contributed by atoms with Crippen molar-refractivity contribution in [1.29, 1.82) is 0 Å². The second kappa shape index (κ2) is 10.2. The maximum Gasteiger partial charge on any atom is 0.309 e. The summed E-state index contributed by atoms with van der Waals surface area (Å²) in [5.41, 5.74) is 6.07. The molecule has 2 saturated carbocycles. The quantitative estimate of drug-likeness (QED) is 0.303. The number of allylic oxidation sites excluding steroid dienone is 3. The normalized spacial score (nSPS) is 35.6. The van der Waals surface area contributed by atoms with Gasteiger partial charge in [-0.2, -0.15) is 0 Å². The molecule has 40 heavy (non-hydrogen) atoms. The average Bonchev–Trinajstić information content (AvgIpc) is 3.35. The predicted molar refractivity (Wildman–Crippen MR) is 158 cm³/mol. The van der Waals surface area contributed by atoms with Gasteiger partial charge in [-0.25, -0.2) is 0 Å². The van der Waals surface area contributed by atoms with Crippen LogP contribution in [0.4, 0.5) is 5.69 Å². The molecule has 0 spiro atoms. The fraction of sp³-hybridized carbons (Fsp3) is 0.571. The van der Waals surface area contributed by atoms with Crippen LogP contribution < -0.4 is 4.90 Å². The van der Waals surface area contributed by atoms with Crippen LogP contribution in [0.5, 0.6) is 0 Å². The van der Waals surface area contributed by atoms with Crippen LogP contribution in [0.2, 0.25) is 0 Å². The van der Waals surface area contributed by atoms with Crippen molar-refractivity contribution in [2.24, 2.45) is 34.5 Å². The molecule has 0 amide bonds. The molecule has 1 saturated heterocycles. The van der Waals surface area contributed by atoms with E-state index >= 15 is 0 Å². The molecule has 7 rings (SSSR count). The van der Waals surface area contributed by atoms with Gasteiger partial charge >= 0.3 is 5.97 Å². The fourth-order valence-electron chi connectivity index (χ4n) is 9.44. The van der Waals surface area contributed by atoms with Crippen molar-refractivity contribution >= 4 is 17.2 Å². The average molecular weight is 538 g/mol. The third-order valence-electron chi connectivity index (χ3n) is 11.7. The lowest BCUT2D eigenvalue weighted by atomic mass is 9.47. The Hall–Kier alpha value is -2.95. The lowest BCUT2D eigenvalue weighted by Crippen LogP contribution is -2.50. The molecule has 3 heterocycles. The summed E-state index contributed by atoms with van der Waals surface area (Å²) in [6, 6.07) is 8.39. The molecule has 5 nitrogen and oxygen atoms in total. The van der Waals surface area contributed by atoms with E-state index in [0.717, 1.165) is 62.7 Å². The molecular formula is C35H43N3O2. The van der Waals surface area contributed by atoms with Gasteiger partial charge in [0.2, 0.25) is 0 Å². The van der Waals surface area contributed by atoms with Gasteiger partial charge in [0, 0.05) is 38.1 Å². The Morgan fingerprint density at radius 3 is 2.42 bits per heavy atom. The first-order valence-electron chi connectivity index (χ1n) is 15.6. The Labute approximate surface area is 239 Å². The van der Waals surface area contributed by atoms with Crippen LogP contribution in [-0.2, 0) is 9.53 Å². The number of ether oxygens (including phenoxy) is 1. The highest BCUT2D eigenvalue weighted by molar-refractivity contribution is 5.73. The second-order valence-electron chi connectivity index (χ2n) is 13.6. The second-order valence-corrected chi connectivity index (χ2v) is 13.6. The summed E-state index contributed by atoms with van der Waals surface area (Å²) >= 11 is 0. The van der Waals surface area contributed by atoms with Gasteiger partial charge in [-0.3, -0.25) is 14.8 Å². The van der Waals surface area contributed by atoms with E-state index in [1.54, 1.807) is 5.57 Å². The van der Waals surface area contributed by atoms with Crippen molar-refractivity contribution in [2.75, 3.05) is 18.0 Å². The van der Waals surface area contributed by atoms with Gasteiger partial charge in [-0.1, -0.05) is 37.6 Å². The molecule has 5 heteroatoms. The van der Waals surface area contributed by atoms with Crippen LogP contribution in [0.25, 0.3) is 5.57 Å². The number of piperidine rings is 1. The summed E-state index contributed by atoms with van der Waals surface area (Å²) < 4.78 is 6.23. The third kappa shape index (κ3) is 4.31. The Bertz CT molecular complexity index is 1300. The first-order valence-corrected chi connectivity index (χ1v) is 15.6. The van der Waals surface area contributed by atoms with Gasteiger partial charge in [-0.05, 0) is 109 Å². The van der Waals surface area contributed by atoms with Crippen molar-refractivity contribution < 1.29 is 9.53 Å². The van der Waals surface area contributed by atoms with Crippen molar-refractivity contribution in [1.82, 2.24) is 9.97 Å². The molecule has 0 aromatic carbocycles. The highest BCUT2D eigenvalue weighted by Crippen LogP contribution is 2.66. The Morgan fingerprint density at radius 1 is 0.900 bits per heavy atom. The van der Waals surface area contributed by atoms with Crippen LogP contribution in [0.1, 0.15) is 77.2 Å². The molecular weight excluding hydrogens is 494 g/mol. The first-order chi connectivity index (χ1) is 19.5. The highest BCUT2D eigenvalue weighted by atomic mass is 16.5. The molecule has 3 fully saturated rings. The molecule has 2 aromatic heterocycles. The SMILES string of the molecule is CC12CCC(OC(=O)C3CCN(c4cccnc4)CC3)CC1=CCC1[C@@H]2CCC2(C)C(c3cccnc3)=CC[C@@H]12. The molecule has 210 valence electrons. The standard InChI is InChI=1S/C35H43N3O2/c1-34-15-11-28(40-33(39)24-13-19-38(20-14-24)27-6-4-18-37-23-27)21-26(34)7-8-29-31-10-9-30(25-5-3-17-36-22-25)35(31,2)16-12-32(29)34/h3-7,9,17-18,22-24,28-29,31-32H,8,10-16,19-21H2,1-2H3/t28?,29?,31-,32-,34?,35?/m0/s1. The van der Waals surface area contributed by atoms with Crippen LogP contribution in [0, 0.1) is 34.5 Å². The number of hydrogen-bond acceptors (Lipinski definition) is 5. The van der Waals surface area contributed by atoms with Gasteiger partial charge < -0.3 is 9.64 Å². The molecule has 0 radical (unpaired) electrons. The lowest BCUT2D eigenvalue weighted by molar-refractivity contribution is -0.157. The highest BCUT2D eigenvalue weighted by Gasteiger charge is 2.57. The first kappa shape index (κ1) is 26.0. The molecule has 4 aliphatic carbocycles. The van der Waals surface area contributed by atoms with Crippen LogP contribution in [-0.4, -0.2) is 35.1 Å².